The molecule has 1 aromatic carbocycles. The lowest BCUT2D eigenvalue weighted by atomic mass is 10.1. The average Bonchev–Trinajstić information content (AvgIpc) is 3.03. The van der Waals surface area contributed by atoms with Crippen molar-refractivity contribution in [1.82, 2.24) is 4.57 Å². The Balaban J connectivity index is 2.23. The number of nitrogens with zero attached hydrogens (tertiary/aromatic N) is 2. The Morgan fingerprint density at radius 3 is 2.52 bits per heavy atom. The van der Waals surface area contributed by atoms with E-state index in [1.165, 1.54) is 33.8 Å². The van der Waals surface area contributed by atoms with Gasteiger partial charge in [0.15, 0.2) is 4.80 Å². The minimum atomic E-state index is -0.359. The van der Waals surface area contributed by atoms with Crippen LogP contribution in [0.4, 0.5) is 0 Å². The summed E-state index contributed by atoms with van der Waals surface area (Å²) in [4.78, 5) is 17.4. The molecule has 7 heteroatoms. The maximum atomic E-state index is 12.5. The number of thiophene rings is 1. The molecule has 0 spiro atoms. The van der Waals surface area contributed by atoms with Gasteiger partial charge in [0, 0.05) is 6.54 Å². The molecule has 0 aliphatic carbocycles. The van der Waals surface area contributed by atoms with Gasteiger partial charge in [0.1, 0.15) is 4.34 Å². The number of halogens is 2. The maximum absolute atomic E-state index is 12.5. The number of carbonyl (C=O) groups is 1. The van der Waals surface area contributed by atoms with E-state index in [9.17, 15) is 4.79 Å². The molecule has 0 aliphatic rings. The lowest BCUT2D eigenvalue weighted by Crippen LogP contribution is -2.16. The molecule has 3 aromatic rings. The first-order valence-electron chi connectivity index (χ1n) is 7.05. The number of hydrogen-bond acceptors (Lipinski definition) is 3. The van der Waals surface area contributed by atoms with Gasteiger partial charge in [-0.1, -0.05) is 46.7 Å². The normalized spacial score (nSPS) is 12.3. The summed E-state index contributed by atoms with van der Waals surface area (Å²) < 4.78 is 4.09. The van der Waals surface area contributed by atoms with Gasteiger partial charge in [-0.2, -0.15) is 4.99 Å². The van der Waals surface area contributed by atoms with Gasteiger partial charge in [-0.3, -0.25) is 4.79 Å². The predicted octanol–water partition coefficient (Wildman–Crippen LogP) is 5.45. The Morgan fingerprint density at radius 2 is 1.91 bits per heavy atom. The van der Waals surface area contributed by atoms with Crippen LogP contribution in [0.25, 0.3) is 10.2 Å². The molecule has 0 saturated carbocycles. The lowest BCUT2D eigenvalue weighted by molar-refractivity contribution is 0.0998. The summed E-state index contributed by atoms with van der Waals surface area (Å²) in [7, 11) is 0. The van der Waals surface area contributed by atoms with Crippen molar-refractivity contribution < 1.29 is 4.79 Å². The van der Waals surface area contributed by atoms with Crippen LogP contribution in [0.3, 0.4) is 0 Å². The zero-order valence-electron chi connectivity index (χ0n) is 12.8. The van der Waals surface area contributed by atoms with Crippen LogP contribution in [0.2, 0.25) is 8.67 Å². The van der Waals surface area contributed by atoms with Gasteiger partial charge in [0.2, 0.25) is 0 Å². The highest BCUT2D eigenvalue weighted by Crippen LogP contribution is 2.31. The zero-order valence-corrected chi connectivity index (χ0v) is 16.0. The summed E-state index contributed by atoms with van der Waals surface area (Å²) in [5, 5.41) is 0. The van der Waals surface area contributed by atoms with E-state index in [1.807, 2.05) is 6.92 Å². The van der Waals surface area contributed by atoms with Crippen LogP contribution in [-0.2, 0) is 6.54 Å². The minimum Gasteiger partial charge on any atom is -0.316 e. The molecule has 0 atom stereocenters. The number of amides is 1. The third-order valence-corrected chi connectivity index (χ3v) is 6.33. The Bertz CT molecular complexity index is 982. The number of rotatable bonds is 2. The van der Waals surface area contributed by atoms with Gasteiger partial charge in [0.25, 0.3) is 5.91 Å². The van der Waals surface area contributed by atoms with Crippen LogP contribution in [0.15, 0.2) is 23.2 Å². The van der Waals surface area contributed by atoms with E-state index in [0.29, 0.717) is 19.0 Å². The number of benzene rings is 1. The molecule has 3 nitrogen and oxygen atoms in total. The Labute approximate surface area is 151 Å². The SMILES string of the molecule is CCn1c(=NC(=O)c2cc(Cl)sc2Cl)sc2c(C)ccc(C)c21. The summed E-state index contributed by atoms with van der Waals surface area (Å²) in [6.45, 7) is 6.93. The summed E-state index contributed by atoms with van der Waals surface area (Å²) in [6.07, 6.45) is 0. The molecule has 0 aliphatic heterocycles. The van der Waals surface area contributed by atoms with Crippen molar-refractivity contribution in [2.24, 2.45) is 4.99 Å². The molecular weight excluding hydrogens is 371 g/mol. The zero-order chi connectivity index (χ0) is 16.7. The number of aromatic nitrogens is 1. The molecule has 0 N–H and O–H groups in total. The molecular formula is C16H14Cl2N2OS2. The van der Waals surface area contributed by atoms with Crippen LogP contribution >= 0.6 is 45.9 Å². The lowest BCUT2D eigenvalue weighted by Gasteiger charge is -2.04. The van der Waals surface area contributed by atoms with Crippen LogP contribution in [0, 0.1) is 13.8 Å². The fraction of sp³-hybridized carbons (Fsp3) is 0.250. The van der Waals surface area contributed by atoms with E-state index in [1.54, 1.807) is 6.07 Å². The third-order valence-electron chi connectivity index (χ3n) is 3.62. The van der Waals surface area contributed by atoms with Crippen molar-refractivity contribution in [3.05, 3.63) is 48.4 Å². The number of carbonyl (C=O) groups excluding carboxylic acids is 1. The molecule has 120 valence electrons. The molecule has 2 heterocycles. The van der Waals surface area contributed by atoms with Gasteiger partial charge in [-0.05, 0) is 38.0 Å². The molecule has 0 bridgehead atoms. The topological polar surface area (TPSA) is 34.4 Å². The number of hydrogen-bond donors (Lipinski definition) is 0. The van der Waals surface area contributed by atoms with E-state index >= 15 is 0 Å². The fourth-order valence-electron chi connectivity index (χ4n) is 2.49. The highest BCUT2D eigenvalue weighted by Gasteiger charge is 2.15. The molecule has 0 radical (unpaired) electrons. The van der Waals surface area contributed by atoms with Gasteiger partial charge >= 0.3 is 0 Å². The van der Waals surface area contributed by atoms with Crippen molar-refractivity contribution in [2.45, 2.75) is 27.3 Å². The molecule has 0 fully saturated rings. The van der Waals surface area contributed by atoms with Gasteiger partial charge < -0.3 is 4.57 Å². The largest absolute Gasteiger partial charge is 0.316 e. The van der Waals surface area contributed by atoms with E-state index in [4.69, 9.17) is 23.2 Å². The predicted molar refractivity (Wildman–Crippen MR) is 99.2 cm³/mol. The van der Waals surface area contributed by atoms with Crippen molar-refractivity contribution in [1.29, 1.82) is 0 Å². The minimum absolute atomic E-state index is 0.357. The van der Waals surface area contributed by atoms with E-state index in [0.717, 1.165) is 16.8 Å². The van der Waals surface area contributed by atoms with Crippen LogP contribution in [-0.4, -0.2) is 10.5 Å². The molecule has 23 heavy (non-hydrogen) atoms. The van der Waals surface area contributed by atoms with Gasteiger partial charge in [-0.25, -0.2) is 0 Å². The van der Waals surface area contributed by atoms with E-state index in [2.05, 4.69) is 35.5 Å². The summed E-state index contributed by atoms with van der Waals surface area (Å²) >= 11 is 14.7. The van der Waals surface area contributed by atoms with Crippen molar-refractivity contribution in [3.8, 4) is 0 Å². The van der Waals surface area contributed by atoms with Crippen molar-refractivity contribution >= 4 is 62.0 Å². The Kier molecular flexibility index (Phi) is 4.65. The Hall–Kier alpha value is -1.14. The second kappa shape index (κ2) is 6.40. The van der Waals surface area contributed by atoms with Gasteiger partial charge in [0.05, 0.1) is 20.1 Å². The summed E-state index contributed by atoms with van der Waals surface area (Å²) in [6, 6.07) is 5.76. The molecule has 2 aromatic heterocycles. The molecule has 3 rings (SSSR count). The second-order valence-electron chi connectivity index (χ2n) is 5.16. The molecule has 1 amide bonds. The van der Waals surface area contributed by atoms with Crippen molar-refractivity contribution in [3.63, 3.8) is 0 Å². The summed E-state index contributed by atoms with van der Waals surface area (Å²) in [5.74, 6) is -0.359. The van der Waals surface area contributed by atoms with Crippen LogP contribution in [0.5, 0.6) is 0 Å². The maximum Gasteiger partial charge on any atom is 0.282 e. The van der Waals surface area contributed by atoms with Crippen molar-refractivity contribution in [2.75, 3.05) is 0 Å². The number of fused-ring (bicyclic) bond motifs is 1. The van der Waals surface area contributed by atoms with Crippen LogP contribution < -0.4 is 4.80 Å². The fourth-order valence-corrected chi connectivity index (χ4v) is 5.17. The van der Waals surface area contributed by atoms with E-state index < -0.39 is 0 Å². The quantitative estimate of drug-likeness (QED) is 0.578. The first-order chi connectivity index (χ1) is 10.9. The molecule has 0 saturated heterocycles. The second-order valence-corrected chi connectivity index (χ2v) is 8.42. The van der Waals surface area contributed by atoms with Gasteiger partial charge in [-0.15, -0.1) is 11.3 Å². The number of aryl methyl sites for hydroxylation is 3. The highest BCUT2D eigenvalue weighted by molar-refractivity contribution is 7.20. The number of thiazole rings is 1. The van der Waals surface area contributed by atoms with E-state index in [-0.39, 0.29) is 5.91 Å². The summed E-state index contributed by atoms with van der Waals surface area (Å²) in [5.41, 5.74) is 3.85. The highest BCUT2D eigenvalue weighted by atomic mass is 35.5. The smallest absolute Gasteiger partial charge is 0.282 e. The van der Waals surface area contributed by atoms with Crippen LogP contribution in [0.1, 0.15) is 28.4 Å². The first-order valence-corrected chi connectivity index (χ1v) is 9.44. The standard InChI is InChI=1S/C16H14Cl2N2OS2/c1-4-20-12-8(2)5-6-9(3)13(12)23-16(20)19-15(21)10-7-11(17)22-14(10)18/h5-7H,4H2,1-3H3. The average molecular weight is 385 g/mol. The monoisotopic (exact) mass is 384 g/mol. The Morgan fingerprint density at radius 1 is 1.22 bits per heavy atom. The third kappa shape index (κ3) is 2.98. The first kappa shape index (κ1) is 16.7. The molecule has 0 unspecified atom stereocenters.